The molecule has 0 saturated carbocycles. The molecule has 0 aliphatic carbocycles. The number of hydrogen-bond acceptors (Lipinski definition) is 5. The smallest absolute Gasteiger partial charge is 0.341 e. The van der Waals surface area contributed by atoms with Crippen LogP contribution in [0.3, 0.4) is 0 Å². The zero-order valence-electron chi connectivity index (χ0n) is 9.77. The third kappa shape index (κ3) is 2.90. The van der Waals surface area contributed by atoms with E-state index in [0.29, 0.717) is 11.8 Å². The average molecular weight is 236 g/mol. The highest BCUT2D eigenvalue weighted by Crippen LogP contribution is 2.25. The summed E-state index contributed by atoms with van der Waals surface area (Å²) in [5, 5.41) is 0. The molecule has 0 aliphatic heterocycles. The van der Waals surface area contributed by atoms with Crippen LogP contribution in [-0.2, 0) is 9.53 Å². The fourth-order valence-corrected chi connectivity index (χ4v) is 1.41. The molecule has 0 heterocycles. The molecule has 0 aliphatic rings. The van der Waals surface area contributed by atoms with Gasteiger partial charge in [-0.05, 0) is 24.6 Å². The summed E-state index contributed by atoms with van der Waals surface area (Å²) in [6.45, 7) is 2.91. The third-order valence-corrected chi connectivity index (χ3v) is 2.04. The first-order chi connectivity index (χ1) is 7.99. The maximum Gasteiger partial charge on any atom is 0.341 e. The van der Waals surface area contributed by atoms with Gasteiger partial charge in [-0.15, -0.1) is 0 Å². The van der Waals surface area contributed by atoms with Crippen molar-refractivity contribution < 1.29 is 23.9 Å². The molecule has 0 spiro atoms. The molecule has 0 radical (unpaired) electrons. The molecule has 0 aromatic heterocycles. The Morgan fingerprint density at radius 3 is 2.41 bits per heavy atom. The van der Waals surface area contributed by atoms with Crippen molar-refractivity contribution in [2.24, 2.45) is 0 Å². The number of ether oxygens (including phenoxy) is 2. The summed E-state index contributed by atoms with van der Waals surface area (Å²) in [5.74, 6) is -1.33. The van der Waals surface area contributed by atoms with Crippen LogP contribution in [0.4, 0.5) is 0 Å². The highest BCUT2D eigenvalue weighted by molar-refractivity contribution is 5.97. The molecule has 5 nitrogen and oxygen atoms in total. The first kappa shape index (κ1) is 12.9. The molecule has 17 heavy (non-hydrogen) atoms. The van der Waals surface area contributed by atoms with E-state index in [0.717, 1.165) is 0 Å². The normalized spacial score (nSPS) is 9.59. The fraction of sp³-hybridized carbons (Fsp3) is 0.250. The van der Waals surface area contributed by atoms with Gasteiger partial charge in [-0.3, -0.25) is 9.59 Å². The molecule has 0 N–H and O–H groups in total. The number of carbonyl (C=O) groups is 3. The lowest BCUT2D eigenvalue weighted by Gasteiger charge is -2.10. The molecule has 90 valence electrons. The highest BCUT2D eigenvalue weighted by Gasteiger charge is 2.19. The Kier molecular flexibility index (Phi) is 3.98. The largest absolute Gasteiger partial charge is 0.465 e. The van der Waals surface area contributed by atoms with Crippen LogP contribution < -0.4 is 4.74 Å². The minimum Gasteiger partial charge on any atom is -0.465 e. The van der Waals surface area contributed by atoms with Gasteiger partial charge in [0.15, 0.2) is 12.0 Å². The lowest BCUT2D eigenvalue weighted by atomic mass is 10.1. The van der Waals surface area contributed by atoms with Crippen molar-refractivity contribution in [3.05, 3.63) is 28.8 Å². The second-order valence-electron chi connectivity index (χ2n) is 3.43. The van der Waals surface area contributed by atoms with Crippen LogP contribution in [0.1, 0.15) is 33.2 Å². The minimum absolute atomic E-state index is 0.0600. The molecule has 1 aromatic rings. The Morgan fingerprint density at radius 1 is 1.29 bits per heavy atom. The quantitative estimate of drug-likeness (QED) is 0.452. The topological polar surface area (TPSA) is 69.7 Å². The lowest BCUT2D eigenvalue weighted by Crippen LogP contribution is -2.11. The molecular formula is C12H12O5. The van der Waals surface area contributed by atoms with Crippen LogP contribution in [0.5, 0.6) is 5.75 Å². The number of hydrogen-bond donors (Lipinski definition) is 0. The monoisotopic (exact) mass is 236 g/mol. The Balaban J connectivity index is 3.43. The number of aryl methyl sites for hydroxylation is 1. The number of benzene rings is 1. The minimum atomic E-state index is -0.659. The van der Waals surface area contributed by atoms with Crippen molar-refractivity contribution in [1.29, 1.82) is 0 Å². The zero-order valence-corrected chi connectivity index (χ0v) is 9.77. The molecule has 0 bridgehead atoms. The van der Waals surface area contributed by atoms with Gasteiger partial charge in [-0.25, -0.2) is 4.79 Å². The summed E-state index contributed by atoms with van der Waals surface area (Å²) in [7, 11) is 1.21. The van der Waals surface area contributed by atoms with Gasteiger partial charge in [-0.2, -0.15) is 0 Å². The summed E-state index contributed by atoms with van der Waals surface area (Å²) in [4.78, 5) is 33.3. The zero-order chi connectivity index (χ0) is 13.0. The van der Waals surface area contributed by atoms with Crippen molar-refractivity contribution in [3.63, 3.8) is 0 Å². The van der Waals surface area contributed by atoms with Gasteiger partial charge in [0.1, 0.15) is 5.56 Å². The van der Waals surface area contributed by atoms with Gasteiger partial charge in [0.2, 0.25) is 0 Å². The summed E-state index contributed by atoms with van der Waals surface area (Å²) >= 11 is 0. The van der Waals surface area contributed by atoms with Crippen molar-refractivity contribution in [1.82, 2.24) is 0 Å². The first-order valence-corrected chi connectivity index (χ1v) is 4.86. The van der Waals surface area contributed by atoms with Gasteiger partial charge in [0.25, 0.3) is 0 Å². The highest BCUT2D eigenvalue weighted by atomic mass is 16.5. The Labute approximate surface area is 98.3 Å². The van der Waals surface area contributed by atoms with E-state index < -0.39 is 11.9 Å². The third-order valence-electron chi connectivity index (χ3n) is 2.04. The van der Waals surface area contributed by atoms with Gasteiger partial charge in [-0.1, -0.05) is 0 Å². The number of aldehydes is 1. The molecule has 1 aromatic carbocycles. The molecule has 0 atom stereocenters. The number of esters is 2. The van der Waals surface area contributed by atoms with Gasteiger partial charge < -0.3 is 9.47 Å². The van der Waals surface area contributed by atoms with E-state index in [4.69, 9.17) is 4.74 Å². The molecule has 0 unspecified atom stereocenters. The SMILES string of the molecule is COC(=O)c1cc(C)cc(C=O)c1OC(C)=O. The first-order valence-electron chi connectivity index (χ1n) is 4.86. The number of carbonyl (C=O) groups excluding carboxylic acids is 3. The Bertz CT molecular complexity index is 476. The summed E-state index contributed by atoms with van der Waals surface area (Å²) in [5.41, 5.74) is 0.897. The molecule has 0 amide bonds. The van der Waals surface area contributed by atoms with Gasteiger partial charge >= 0.3 is 11.9 Å². The van der Waals surface area contributed by atoms with Crippen LogP contribution >= 0.6 is 0 Å². The lowest BCUT2D eigenvalue weighted by molar-refractivity contribution is -0.131. The predicted molar refractivity (Wildman–Crippen MR) is 59.2 cm³/mol. The second-order valence-corrected chi connectivity index (χ2v) is 3.43. The maximum atomic E-state index is 11.5. The Morgan fingerprint density at radius 2 is 1.94 bits per heavy atom. The average Bonchev–Trinajstić information content (AvgIpc) is 2.29. The van der Waals surface area contributed by atoms with Gasteiger partial charge in [0.05, 0.1) is 12.7 Å². The summed E-state index contributed by atoms with van der Waals surface area (Å²) < 4.78 is 9.44. The molecule has 0 saturated heterocycles. The van der Waals surface area contributed by atoms with E-state index in [2.05, 4.69) is 4.74 Å². The molecular weight excluding hydrogens is 224 g/mol. The summed E-state index contributed by atoms with van der Waals surface area (Å²) in [6, 6.07) is 3.02. The van der Waals surface area contributed by atoms with Crippen LogP contribution in [0.25, 0.3) is 0 Å². The van der Waals surface area contributed by atoms with E-state index >= 15 is 0 Å². The summed E-state index contributed by atoms with van der Waals surface area (Å²) in [6.07, 6.45) is 0.526. The van der Waals surface area contributed by atoms with Gasteiger partial charge in [0, 0.05) is 6.92 Å². The Hall–Kier alpha value is -2.17. The van der Waals surface area contributed by atoms with E-state index in [1.54, 1.807) is 6.92 Å². The molecule has 0 fully saturated rings. The molecule has 5 heteroatoms. The number of methoxy groups -OCH3 is 1. The van der Waals surface area contributed by atoms with Crippen LogP contribution in [0, 0.1) is 6.92 Å². The predicted octanol–water partition coefficient (Wildman–Crippen LogP) is 1.52. The standard InChI is InChI=1S/C12H12O5/c1-7-4-9(6-13)11(17-8(2)14)10(5-7)12(15)16-3/h4-6H,1-3H3. The van der Waals surface area contributed by atoms with Crippen molar-refractivity contribution in [2.45, 2.75) is 13.8 Å². The van der Waals surface area contributed by atoms with Crippen LogP contribution in [-0.4, -0.2) is 25.3 Å². The molecule has 1 rings (SSSR count). The van der Waals surface area contributed by atoms with E-state index in [-0.39, 0.29) is 16.9 Å². The van der Waals surface area contributed by atoms with Crippen molar-refractivity contribution in [3.8, 4) is 5.75 Å². The van der Waals surface area contributed by atoms with Crippen molar-refractivity contribution in [2.75, 3.05) is 7.11 Å². The van der Waals surface area contributed by atoms with Crippen LogP contribution in [0.2, 0.25) is 0 Å². The van der Waals surface area contributed by atoms with E-state index in [1.165, 1.54) is 26.2 Å². The maximum absolute atomic E-state index is 11.5. The van der Waals surface area contributed by atoms with Crippen molar-refractivity contribution >= 4 is 18.2 Å². The number of rotatable bonds is 3. The second kappa shape index (κ2) is 5.25. The fourth-order valence-electron chi connectivity index (χ4n) is 1.41. The van der Waals surface area contributed by atoms with E-state index in [1.807, 2.05) is 0 Å². The van der Waals surface area contributed by atoms with E-state index in [9.17, 15) is 14.4 Å². The van der Waals surface area contributed by atoms with Crippen LogP contribution in [0.15, 0.2) is 12.1 Å².